The van der Waals surface area contributed by atoms with Gasteiger partial charge in [-0.1, -0.05) is 24.0 Å². The Bertz CT molecular complexity index is 588. The number of aliphatic hydroxyl groups is 3. The summed E-state index contributed by atoms with van der Waals surface area (Å²) in [7, 11) is 0. The monoisotopic (exact) mass is 316 g/mol. The number of hydrogen-bond acceptors (Lipinski definition) is 3. The van der Waals surface area contributed by atoms with E-state index in [1.54, 1.807) is 0 Å². The van der Waals surface area contributed by atoms with E-state index in [2.05, 4.69) is 12.8 Å². The lowest BCUT2D eigenvalue weighted by atomic mass is 9.51. The minimum absolute atomic E-state index is 0.227. The second-order valence-electron chi connectivity index (χ2n) is 8.59. The van der Waals surface area contributed by atoms with Gasteiger partial charge < -0.3 is 15.3 Å². The van der Waals surface area contributed by atoms with Crippen molar-refractivity contribution in [2.45, 2.75) is 76.1 Å². The molecule has 3 nitrogen and oxygen atoms in total. The maximum Gasteiger partial charge on any atom is 0.130 e. The molecule has 0 aromatic heterocycles. The average Bonchev–Trinajstić information content (AvgIpc) is 2.79. The van der Waals surface area contributed by atoms with Crippen LogP contribution >= 0.6 is 0 Å². The molecular weight excluding hydrogens is 288 g/mol. The van der Waals surface area contributed by atoms with Crippen LogP contribution in [0, 0.1) is 35.5 Å². The summed E-state index contributed by atoms with van der Waals surface area (Å²) < 4.78 is 0. The molecule has 2 saturated carbocycles. The molecule has 0 amide bonds. The van der Waals surface area contributed by atoms with Crippen LogP contribution in [0.4, 0.5) is 0 Å². The Balaban J connectivity index is 1.70. The average molecular weight is 316 g/mol. The highest BCUT2D eigenvalue weighted by atomic mass is 16.3. The Labute approximate surface area is 138 Å². The van der Waals surface area contributed by atoms with Crippen molar-refractivity contribution in [1.82, 2.24) is 0 Å². The summed E-state index contributed by atoms with van der Waals surface area (Å²) in [5.41, 5.74) is 1.55. The molecule has 4 aliphatic carbocycles. The molecular formula is C20H28O3. The molecule has 2 fully saturated rings. The third-order valence-electron chi connectivity index (χ3n) is 7.75. The largest absolute Gasteiger partial charge is 0.393 e. The van der Waals surface area contributed by atoms with Gasteiger partial charge in [-0.15, -0.1) is 6.42 Å². The molecule has 4 aliphatic rings. The van der Waals surface area contributed by atoms with E-state index < -0.39 is 5.60 Å². The van der Waals surface area contributed by atoms with Crippen LogP contribution in [0.3, 0.4) is 0 Å². The van der Waals surface area contributed by atoms with Crippen LogP contribution in [-0.2, 0) is 0 Å². The molecule has 0 unspecified atom stereocenters. The van der Waals surface area contributed by atoms with Crippen molar-refractivity contribution in [3.05, 3.63) is 11.1 Å². The van der Waals surface area contributed by atoms with Crippen molar-refractivity contribution < 1.29 is 15.3 Å². The number of aliphatic hydroxyl groups excluding tert-OH is 2. The maximum atomic E-state index is 10.9. The maximum absolute atomic E-state index is 10.9. The molecule has 0 bridgehead atoms. The minimum atomic E-state index is -1.01. The van der Waals surface area contributed by atoms with Crippen molar-refractivity contribution in [2.24, 2.45) is 23.2 Å². The SMILES string of the molecule is C#C[C@@]1(O)CC[C@H]2[C@H]3[C@H](CC[C@@]21C)C1=C(C[C@H](O)CC1)C[C@@H]3O. The van der Waals surface area contributed by atoms with Crippen molar-refractivity contribution >= 4 is 0 Å². The number of fused-ring (bicyclic) bond motifs is 4. The number of hydrogen-bond donors (Lipinski definition) is 3. The predicted molar refractivity (Wildman–Crippen MR) is 88.3 cm³/mol. The van der Waals surface area contributed by atoms with Gasteiger partial charge in [0.05, 0.1) is 12.2 Å². The van der Waals surface area contributed by atoms with Gasteiger partial charge in [-0.3, -0.25) is 0 Å². The Morgan fingerprint density at radius 2 is 1.91 bits per heavy atom. The van der Waals surface area contributed by atoms with Gasteiger partial charge in [0.25, 0.3) is 0 Å². The van der Waals surface area contributed by atoms with Gasteiger partial charge in [-0.25, -0.2) is 0 Å². The zero-order chi connectivity index (χ0) is 16.4. The summed E-state index contributed by atoms with van der Waals surface area (Å²) in [6, 6.07) is 0. The molecule has 3 N–H and O–H groups in total. The van der Waals surface area contributed by atoms with E-state index in [0.717, 1.165) is 38.5 Å². The molecule has 0 heterocycles. The van der Waals surface area contributed by atoms with E-state index in [1.807, 2.05) is 0 Å². The zero-order valence-corrected chi connectivity index (χ0v) is 14.0. The van der Waals surface area contributed by atoms with Gasteiger partial charge in [-0.05, 0) is 69.1 Å². The van der Waals surface area contributed by atoms with Crippen LogP contribution in [0.15, 0.2) is 11.1 Å². The quantitative estimate of drug-likeness (QED) is 0.475. The minimum Gasteiger partial charge on any atom is -0.393 e. The summed E-state index contributed by atoms with van der Waals surface area (Å²) in [6.45, 7) is 2.14. The van der Waals surface area contributed by atoms with Gasteiger partial charge in [0, 0.05) is 5.41 Å². The normalized spacial score (nSPS) is 52.4. The van der Waals surface area contributed by atoms with E-state index in [1.165, 1.54) is 11.1 Å². The second kappa shape index (κ2) is 5.09. The standard InChI is InChI=1S/C20H28O3/c1-3-20(23)9-7-16-18-15(6-8-19(16,20)2)14-5-4-13(21)10-12(14)11-17(18)22/h1,13,15-18,21-23H,4-11H2,2H3/t13-,15-,16+,17+,18-,19+,20-/m1/s1. The van der Waals surface area contributed by atoms with Gasteiger partial charge in [0.15, 0.2) is 0 Å². The Kier molecular flexibility index (Phi) is 3.47. The fourth-order valence-corrected chi connectivity index (χ4v) is 6.46. The summed E-state index contributed by atoms with van der Waals surface area (Å²) in [5, 5.41) is 31.8. The van der Waals surface area contributed by atoms with Gasteiger partial charge in [-0.2, -0.15) is 0 Å². The van der Waals surface area contributed by atoms with Crippen LogP contribution in [-0.4, -0.2) is 33.1 Å². The molecule has 3 heteroatoms. The highest BCUT2D eigenvalue weighted by Gasteiger charge is 2.62. The van der Waals surface area contributed by atoms with Crippen molar-refractivity contribution in [3.63, 3.8) is 0 Å². The predicted octanol–water partition coefficient (Wildman–Crippen LogP) is 2.40. The van der Waals surface area contributed by atoms with E-state index in [9.17, 15) is 15.3 Å². The van der Waals surface area contributed by atoms with E-state index >= 15 is 0 Å². The third kappa shape index (κ3) is 2.02. The Hall–Kier alpha value is -0.820. The van der Waals surface area contributed by atoms with E-state index in [4.69, 9.17) is 6.42 Å². The fourth-order valence-electron chi connectivity index (χ4n) is 6.46. The highest BCUT2D eigenvalue weighted by molar-refractivity contribution is 5.31. The molecule has 0 aromatic rings. The second-order valence-corrected chi connectivity index (χ2v) is 8.59. The van der Waals surface area contributed by atoms with Gasteiger partial charge >= 0.3 is 0 Å². The molecule has 23 heavy (non-hydrogen) atoms. The van der Waals surface area contributed by atoms with Gasteiger partial charge in [0.2, 0.25) is 0 Å². The van der Waals surface area contributed by atoms with Crippen LogP contribution in [0.25, 0.3) is 0 Å². The first-order chi connectivity index (χ1) is 10.9. The van der Waals surface area contributed by atoms with Crippen LogP contribution in [0.2, 0.25) is 0 Å². The van der Waals surface area contributed by atoms with Gasteiger partial charge in [0.1, 0.15) is 5.60 Å². The van der Waals surface area contributed by atoms with Crippen molar-refractivity contribution in [1.29, 1.82) is 0 Å². The number of allylic oxidation sites excluding steroid dienone is 1. The molecule has 0 saturated heterocycles. The molecule has 0 spiro atoms. The Morgan fingerprint density at radius 1 is 1.13 bits per heavy atom. The lowest BCUT2D eigenvalue weighted by Crippen LogP contribution is -2.54. The highest BCUT2D eigenvalue weighted by Crippen LogP contribution is 2.64. The lowest BCUT2D eigenvalue weighted by molar-refractivity contribution is -0.0992. The smallest absolute Gasteiger partial charge is 0.130 e. The van der Waals surface area contributed by atoms with Crippen LogP contribution < -0.4 is 0 Å². The zero-order valence-electron chi connectivity index (χ0n) is 14.0. The van der Waals surface area contributed by atoms with Crippen LogP contribution in [0.1, 0.15) is 58.3 Å². The lowest BCUT2D eigenvalue weighted by Gasteiger charge is -2.54. The van der Waals surface area contributed by atoms with E-state index in [0.29, 0.717) is 24.7 Å². The first-order valence-corrected chi connectivity index (χ1v) is 9.17. The first kappa shape index (κ1) is 15.7. The number of rotatable bonds is 0. The topological polar surface area (TPSA) is 60.7 Å². The van der Waals surface area contributed by atoms with E-state index in [-0.39, 0.29) is 23.5 Å². The molecule has 126 valence electrons. The van der Waals surface area contributed by atoms with Crippen molar-refractivity contribution in [3.8, 4) is 12.3 Å². The summed E-state index contributed by atoms with van der Waals surface area (Å²) in [6.07, 6.45) is 11.9. The summed E-state index contributed by atoms with van der Waals surface area (Å²) >= 11 is 0. The Morgan fingerprint density at radius 3 is 2.65 bits per heavy atom. The summed E-state index contributed by atoms with van der Waals surface area (Å²) in [4.78, 5) is 0. The molecule has 7 atom stereocenters. The molecule has 0 aromatic carbocycles. The fraction of sp³-hybridized carbons (Fsp3) is 0.800. The summed E-state index contributed by atoms with van der Waals surface area (Å²) in [5.74, 6) is 3.64. The van der Waals surface area contributed by atoms with Crippen molar-refractivity contribution in [2.75, 3.05) is 0 Å². The molecule has 4 rings (SSSR count). The molecule has 0 aliphatic heterocycles. The van der Waals surface area contributed by atoms with Crippen LogP contribution in [0.5, 0.6) is 0 Å². The molecule has 0 radical (unpaired) electrons. The number of terminal acetylenes is 1. The first-order valence-electron chi connectivity index (χ1n) is 9.17. The third-order valence-corrected chi connectivity index (χ3v) is 7.75.